The topological polar surface area (TPSA) is 152 Å². The second-order valence-electron chi connectivity index (χ2n) is 16.6. The molecular formula is C47H88O10. The number of esters is 2. The molecule has 0 spiro atoms. The minimum absolute atomic E-state index is 0.197. The molecule has 57 heavy (non-hydrogen) atoms. The molecular weight excluding hydrogens is 725 g/mol. The van der Waals surface area contributed by atoms with Crippen molar-refractivity contribution in [3.05, 3.63) is 12.2 Å². The molecule has 1 saturated heterocycles. The zero-order valence-corrected chi connectivity index (χ0v) is 36.6. The van der Waals surface area contributed by atoms with E-state index >= 15 is 0 Å². The third-order valence-electron chi connectivity index (χ3n) is 11.2. The summed E-state index contributed by atoms with van der Waals surface area (Å²) in [5.74, 6) is -0.851. The molecule has 0 saturated carbocycles. The molecule has 6 atom stereocenters. The Balaban J connectivity index is 2.31. The van der Waals surface area contributed by atoms with Crippen LogP contribution in [0.15, 0.2) is 12.2 Å². The van der Waals surface area contributed by atoms with Crippen LogP contribution in [0.3, 0.4) is 0 Å². The highest BCUT2D eigenvalue weighted by Gasteiger charge is 2.44. The molecule has 0 aromatic rings. The van der Waals surface area contributed by atoms with Crippen molar-refractivity contribution in [2.45, 2.75) is 256 Å². The lowest BCUT2D eigenvalue weighted by atomic mass is 9.99. The summed E-state index contributed by atoms with van der Waals surface area (Å²) >= 11 is 0. The Hall–Kier alpha value is -1.56. The number of rotatable bonds is 40. The van der Waals surface area contributed by atoms with Crippen LogP contribution in [0.1, 0.15) is 219 Å². The largest absolute Gasteiger partial charge is 0.462 e. The van der Waals surface area contributed by atoms with Crippen molar-refractivity contribution < 1.29 is 49.0 Å². The van der Waals surface area contributed by atoms with E-state index in [0.717, 1.165) is 32.1 Å². The molecule has 0 aliphatic carbocycles. The second-order valence-corrected chi connectivity index (χ2v) is 16.6. The first-order chi connectivity index (χ1) is 27.8. The van der Waals surface area contributed by atoms with E-state index in [4.69, 9.17) is 18.9 Å². The Labute approximate surface area is 348 Å². The molecule has 1 fully saturated rings. The SMILES string of the molecule is CCCCCCCCCCCCC/C=C/CCC(=O)OC[C@H](CO[C@@H]1O[C@H](CO)[C@H](O)C(O)C1O)OC(=O)CCCCCCCCCCCCCCCCCCC. The van der Waals surface area contributed by atoms with Crippen molar-refractivity contribution in [1.29, 1.82) is 0 Å². The number of hydrogen-bond donors (Lipinski definition) is 4. The van der Waals surface area contributed by atoms with Gasteiger partial charge in [-0.2, -0.15) is 0 Å². The van der Waals surface area contributed by atoms with Gasteiger partial charge in [0.25, 0.3) is 0 Å². The number of aliphatic hydroxyl groups is 4. The van der Waals surface area contributed by atoms with E-state index in [1.54, 1.807) is 0 Å². The van der Waals surface area contributed by atoms with Gasteiger partial charge in [0.05, 0.1) is 13.2 Å². The maximum absolute atomic E-state index is 12.8. The van der Waals surface area contributed by atoms with Crippen LogP contribution in [0.5, 0.6) is 0 Å². The van der Waals surface area contributed by atoms with Crippen LogP contribution < -0.4 is 0 Å². The third kappa shape index (κ3) is 30.2. The molecule has 0 aromatic heterocycles. The summed E-state index contributed by atoms with van der Waals surface area (Å²) in [6.45, 7) is 3.42. The Kier molecular flexibility index (Phi) is 36.2. The third-order valence-corrected chi connectivity index (χ3v) is 11.2. The van der Waals surface area contributed by atoms with E-state index < -0.39 is 55.4 Å². The number of unbranched alkanes of at least 4 members (excludes halogenated alkanes) is 27. The van der Waals surface area contributed by atoms with E-state index in [9.17, 15) is 30.0 Å². The van der Waals surface area contributed by atoms with E-state index in [0.29, 0.717) is 12.8 Å². The highest BCUT2D eigenvalue weighted by Crippen LogP contribution is 2.23. The molecule has 4 N–H and O–H groups in total. The maximum atomic E-state index is 12.8. The predicted molar refractivity (Wildman–Crippen MR) is 229 cm³/mol. The average Bonchev–Trinajstić information content (AvgIpc) is 3.21. The smallest absolute Gasteiger partial charge is 0.306 e. The standard InChI is InChI=1S/C47H88O10/c1-3-5-7-9-11-13-15-17-19-20-22-24-26-28-30-32-34-36-43(50)56-40(39-55-47-46(53)45(52)44(51)41(37-48)57-47)38-54-42(49)35-33-31-29-27-25-23-21-18-16-14-12-10-8-6-4-2/h29,31,40-41,44-48,51-53H,3-28,30,32-39H2,1-2H3/b31-29+/t40-,41-,44+,45?,46?,47-/m1/s1. The van der Waals surface area contributed by atoms with Crippen LogP contribution in [0.2, 0.25) is 0 Å². The van der Waals surface area contributed by atoms with Crippen LogP contribution in [0, 0.1) is 0 Å². The lowest BCUT2D eigenvalue weighted by Crippen LogP contribution is -2.59. The highest BCUT2D eigenvalue weighted by molar-refractivity contribution is 5.70. The van der Waals surface area contributed by atoms with Crippen LogP contribution in [-0.4, -0.2) is 89.0 Å². The summed E-state index contributed by atoms with van der Waals surface area (Å²) in [5, 5.41) is 40.1. The molecule has 1 rings (SSSR count). The zero-order chi connectivity index (χ0) is 41.6. The minimum atomic E-state index is -1.59. The van der Waals surface area contributed by atoms with Gasteiger partial charge in [0, 0.05) is 12.8 Å². The Morgan fingerprint density at radius 3 is 1.44 bits per heavy atom. The predicted octanol–water partition coefficient (Wildman–Crippen LogP) is 10.3. The summed E-state index contributed by atoms with van der Waals surface area (Å²) in [6.07, 6.45) is 33.7. The van der Waals surface area contributed by atoms with Gasteiger partial charge in [-0.05, 0) is 25.7 Å². The molecule has 1 heterocycles. The van der Waals surface area contributed by atoms with Gasteiger partial charge in [0.1, 0.15) is 31.0 Å². The lowest BCUT2D eigenvalue weighted by molar-refractivity contribution is -0.305. The van der Waals surface area contributed by atoms with Gasteiger partial charge in [-0.25, -0.2) is 0 Å². The number of allylic oxidation sites excluding steroid dienone is 2. The van der Waals surface area contributed by atoms with Crippen molar-refractivity contribution in [3.63, 3.8) is 0 Å². The molecule has 2 unspecified atom stereocenters. The monoisotopic (exact) mass is 813 g/mol. The van der Waals surface area contributed by atoms with Gasteiger partial charge in [-0.15, -0.1) is 0 Å². The van der Waals surface area contributed by atoms with Gasteiger partial charge in [0.2, 0.25) is 0 Å². The number of hydrogen-bond acceptors (Lipinski definition) is 10. The fourth-order valence-corrected chi connectivity index (χ4v) is 7.38. The molecule has 0 radical (unpaired) electrons. The number of carbonyl (C=O) groups is 2. The molecule has 1 aliphatic rings. The Bertz CT molecular complexity index is 943. The number of ether oxygens (including phenoxy) is 4. The number of carbonyl (C=O) groups excluding carboxylic acids is 2. The fraction of sp³-hybridized carbons (Fsp3) is 0.915. The summed E-state index contributed by atoms with van der Waals surface area (Å²) in [6, 6.07) is 0. The average molecular weight is 813 g/mol. The van der Waals surface area contributed by atoms with Crippen LogP contribution in [0.25, 0.3) is 0 Å². The zero-order valence-electron chi connectivity index (χ0n) is 36.6. The first kappa shape index (κ1) is 53.5. The van der Waals surface area contributed by atoms with E-state index in [1.165, 1.54) is 148 Å². The second kappa shape index (κ2) is 38.6. The van der Waals surface area contributed by atoms with Gasteiger partial charge < -0.3 is 39.4 Å². The Morgan fingerprint density at radius 2 is 0.965 bits per heavy atom. The fourth-order valence-electron chi connectivity index (χ4n) is 7.38. The normalized spacial score (nSPS) is 20.3. The molecule has 0 aromatic carbocycles. The quantitative estimate of drug-likeness (QED) is 0.0267. The van der Waals surface area contributed by atoms with Crippen molar-refractivity contribution >= 4 is 11.9 Å². The number of aliphatic hydroxyl groups excluding tert-OH is 4. The van der Waals surface area contributed by atoms with E-state index in [1.807, 2.05) is 6.08 Å². The minimum Gasteiger partial charge on any atom is -0.462 e. The van der Waals surface area contributed by atoms with E-state index in [-0.39, 0.29) is 26.1 Å². The molecule has 1 aliphatic heterocycles. The summed E-state index contributed by atoms with van der Waals surface area (Å²) < 4.78 is 22.1. The van der Waals surface area contributed by atoms with E-state index in [2.05, 4.69) is 19.9 Å². The molecule has 336 valence electrons. The van der Waals surface area contributed by atoms with Gasteiger partial charge >= 0.3 is 11.9 Å². The van der Waals surface area contributed by atoms with Crippen LogP contribution in [0.4, 0.5) is 0 Å². The first-order valence-electron chi connectivity index (χ1n) is 23.8. The van der Waals surface area contributed by atoms with Crippen LogP contribution in [-0.2, 0) is 28.5 Å². The van der Waals surface area contributed by atoms with Gasteiger partial charge in [0.15, 0.2) is 12.4 Å². The summed E-state index contributed by atoms with van der Waals surface area (Å²) in [7, 11) is 0. The molecule has 0 amide bonds. The van der Waals surface area contributed by atoms with Crippen molar-refractivity contribution in [3.8, 4) is 0 Å². The van der Waals surface area contributed by atoms with Gasteiger partial charge in [-0.1, -0.05) is 193 Å². The molecule has 10 heteroatoms. The van der Waals surface area contributed by atoms with Crippen LogP contribution >= 0.6 is 0 Å². The highest BCUT2D eigenvalue weighted by atomic mass is 16.7. The lowest BCUT2D eigenvalue weighted by Gasteiger charge is -2.39. The summed E-state index contributed by atoms with van der Waals surface area (Å²) in [4.78, 5) is 25.3. The van der Waals surface area contributed by atoms with Gasteiger partial charge in [-0.3, -0.25) is 9.59 Å². The van der Waals surface area contributed by atoms with Crippen molar-refractivity contribution in [2.24, 2.45) is 0 Å². The molecule has 10 nitrogen and oxygen atoms in total. The summed E-state index contributed by atoms with van der Waals surface area (Å²) in [5.41, 5.74) is 0. The van der Waals surface area contributed by atoms with Crippen molar-refractivity contribution in [1.82, 2.24) is 0 Å². The first-order valence-corrected chi connectivity index (χ1v) is 23.8. The Morgan fingerprint density at radius 1 is 0.526 bits per heavy atom. The maximum Gasteiger partial charge on any atom is 0.306 e. The van der Waals surface area contributed by atoms with Crippen molar-refractivity contribution in [2.75, 3.05) is 19.8 Å². The molecule has 0 bridgehead atoms.